The van der Waals surface area contributed by atoms with Gasteiger partial charge in [0.25, 0.3) is 0 Å². The molecule has 158 valence electrons. The molecule has 0 amide bonds. The van der Waals surface area contributed by atoms with Crippen LogP contribution in [-0.2, 0) is 24.0 Å². The van der Waals surface area contributed by atoms with Gasteiger partial charge < -0.3 is 13.9 Å². The van der Waals surface area contributed by atoms with Crippen molar-refractivity contribution in [3.63, 3.8) is 0 Å². The van der Waals surface area contributed by atoms with Crippen LogP contribution in [0.15, 0.2) is 46.9 Å². The van der Waals surface area contributed by atoms with E-state index in [0.717, 1.165) is 23.3 Å². The Morgan fingerprint density at radius 2 is 1.90 bits per heavy atom. The predicted octanol–water partition coefficient (Wildman–Crippen LogP) is 6.08. The maximum atomic E-state index is 12.9. The first kappa shape index (κ1) is 21.6. The van der Waals surface area contributed by atoms with E-state index in [0.29, 0.717) is 30.0 Å². The number of carbonyl (C=O) groups is 1. The van der Waals surface area contributed by atoms with Crippen molar-refractivity contribution in [2.75, 3.05) is 0 Å². The number of Topliss-reactive ketones (excluding diaryl/α,β-unsaturated/α-hetero) is 1. The van der Waals surface area contributed by atoms with Crippen molar-refractivity contribution in [2.24, 2.45) is 0 Å². The quantitative estimate of drug-likeness (QED) is 0.468. The first-order chi connectivity index (χ1) is 14.1. The van der Waals surface area contributed by atoms with Crippen LogP contribution >= 0.6 is 0 Å². The van der Waals surface area contributed by atoms with Crippen molar-refractivity contribution in [1.29, 1.82) is 0 Å². The Hall–Kier alpha value is -3.09. The van der Waals surface area contributed by atoms with Crippen molar-refractivity contribution in [3.8, 4) is 17.2 Å². The van der Waals surface area contributed by atoms with E-state index in [4.69, 9.17) is 9.15 Å². The van der Waals surface area contributed by atoms with E-state index in [1.165, 1.54) is 12.1 Å². The zero-order valence-corrected chi connectivity index (χ0v) is 17.0. The molecule has 0 aliphatic rings. The van der Waals surface area contributed by atoms with Gasteiger partial charge in [0.15, 0.2) is 5.76 Å². The highest BCUT2D eigenvalue weighted by Gasteiger charge is 2.30. The molecule has 4 nitrogen and oxygen atoms in total. The molecule has 0 saturated heterocycles. The van der Waals surface area contributed by atoms with E-state index >= 15 is 0 Å². The average Bonchev–Trinajstić information content (AvgIpc) is 3.06. The lowest BCUT2D eigenvalue weighted by molar-refractivity contribution is -0.137. The van der Waals surface area contributed by atoms with Crippen LogP contribution in [0.5, 0.6) is 5.75 Å². The Kier molecular flexibility index (Phi) is 6.29. The molecule has 1 heterocycles. The summed E-state index contributed by atoms with van der Waals surface area (Å²) >= 11 is 0. The van der Waals surface area contributed by atoms with Gasteiger partial charge in [0.05, 0.1) is 11.3 Å². The Morgan fingerprint density at radius 1 is 1.13 bits per heavy atom. The largest absolute Gasteiger partial charge is 0.485 e. The molecular weight excluding hydrogens is 395 g/mol. The van der Waals surface area contributed by atoms with Crippen LogP contribution in [0, 0.1) is 13.8 Å². The Bertz CT molecular complexity index is 1050. The number of halogens is 3. The minimum absolute atomic E-state index is 0.103. The summed E-state index contributed by atoms with van der Waals surface area (Å²) in [5, 5.41) is 0. The van der Waals surface area contributed by atoms with Gasteiger partial charge in [-0.1, -0.05) is 18.2 Å². The standard InChI is InChI=1S/C23H22F3NO3/c1-14-11-17(8-7-15(2)28)9-10-20(14)29-13-21-16(3)27-22(30-21)18-5-4-6-19(12-18)23(24,25)26/h4-6,9-12H,7-8,13H2,1-3H3. The second-order valence-corrected chi connectivity index (χ2v) is 7.20. The highest BCUT2D eigenvalue weighted by Crippen LogP contribution is 2.32. The summed E-state index contributed by atoms with van der Waals surface area (Å²) in [6.45, 7) is 5.30. The average molecular weight is 417 g/mol. The monoisotopic (exact) mass is 417 g/mol. The minimum Gasteiger partial charge on any atom is -0.485 e. The molecule has 0 radical (unpaired) electrons. The molecule has 3 aromatic rings. The van der Waals surface area contributed by atoms with Crippen molar-refractivity contribution in [3.05, 3.63) is 70.6 Å². The molecule has 0 aliphatic heterocycles. The van der Waals surface area contributed by atoms with E-state index in [1.54, 1.807) is 13.8 Å². The SMILES string of the molecule is CC(=O)CCc1ccc(OCc2oc(-c3cccc(C(F)(F)F)c3)nc2C)c(C)c1. The molecule has 1 aromatic heterocycles. The summed E-state index contributed by atoms with van der Waals surface area (Å²) < 4.78 is 50.3. The lowest BCUT2D eigenvalue weighted by Crippen LogP contribution is -2.04. The molecular formula is C23H22F3NO3. The fourth-order valence-corrected chi connectivity index (χ4v) is 3.01. The van der Waals surface area contributed by atoms with Gasteiger partial charge >= 0.3 is 6.18 Å². The van der Waals surface area contributed by atoms with Crippen molar-refractivity contribution in [2.45, 2.75) is 46.4 Å². The van der Waals surface area contributed by atoms with Crippen LogP contribution in [0.3, 0.4) is 0 Å². The van der Waals surface area contributed by atoms with Gasteiger partial charge in [-0.05, 0) is 62.6 Å². The first-order valence-electron chi connectivity index (χ1n) is 9.49. The topological polar surface area (TPSA) is 52.3 Å². The number of ketones is 1. The molecule has 0 atom stereocenters. The maximum absolute atomic E-state index is 12.9. The molecule has 0 spiro atoms. The van der Waals surface area contributed by atoms with Crippen LogP contribution in [0.1, 0.15) is 41.5 Å². The minimum atomic E-state index is -4.43. The number of rotatable bonds is 7. The second-order valence-electron chi connectivity index (χ2n) is 7.20. The molecule has 3 rings (SSSR count). The Morgan fingerprint density at radius 3 is 2.57 bits per heavy atom. The number of ether oxygens (including phenoxy) is 1. The number of hydrogen-bond donors (Lipinski definition) is 0. The third kappa shape index (κ3) is 5.28. The molecule has 0 bridgehead atoms. The van der Waals surface area contributed by atoms with Crippen molar-refractivity contribution >= 4 is 5.78 Å². The van der Waals surface area contributed by atoms with Crippen LogP contribution < -0.4 is 4.74 Å². The number of aryl methyl sites for hydroxylation is 3. The number of carbonyl (C=O) groups excluding carboxylic acids is 1. The van der Waals surface area contributed by atoms with E-state index in [2.05, 4.69) is 4.98 Å². The molecule has 2 aromatic carbocycles. The number of alkyl halides is 3. The number of nitrogens with zero attached hydrogens (tertiary/aromatic N) is 1. The number of aromatic nitrogens is 1. The van der Waals surface area contributed by atoms with Gasteiger partial charge in [0.2, 0.25) is 5.89 Å². The van der Waals surface area contributed by atoms with E-state index < -0.39 is 11.7 Å². The fraction of sp³-hybridized carbons (Fsp3) is 0.304. The van der Waals surface area contributed by atoms with Crippen LogP contribution in [0.4, 0.5) is 13.2 Å². The molecule has 30 heavy (non-hydrogen) atoms. The summed E-state index contributed by atoms with van der Waals surface area (Å²) in [4.78, 5) is 15.4. The molecule has 0 aliphatic carbocycles. The van der Waals surface area contributed by atoms with Crippen molar-refractivity contribution in [1.82, 2.24) is 4.98 Å². The number of oxazole rings is 1. The van der Waals surface area contributed by atoms with Gasteiger partial charge in [0, 0.05) is 12.0 Å². The van der Waals surface area contributed by atoms with E-state index in [-0.39, 0.29) is 23.8 Å². The highest BCUT2D eigenvalue weighted by atomic mass is 19.4. The molecule has 7 heteroatoms. The van der Waals surface area contributed by atoms with Crippen molar-refractivity contribution < 1.29 is 27.1 Å². The number of benzene rings is 2. The van der Waals surface area contributed by atoms with Gasteiger partial charge in [-0.25, -0.2) is 4.98 Å². The Labute approximate surface area is 172 Å². The lowest BCUT2D eigenvalue weighted by Gasteiger charge is -2.10. The van der Waals surface area contributed by atoms with E-state index in [9.17, 15) is 18.0 Å². The third-order valence-corrected chi connectivity index (χ3v) is 4.69. The zero-order chi connectivity index (χ0) is 21.9. The fourth-order valence-electron chi connectivity index (χ4n) is 3.01. The Balaban J connectivity index is 1.72. The predicted molar refractivity (Wildman–Crippen MR) is 106 cm³/mol. The smallest absolute Gasteiger partial charge is 0.416 e. The van der Waals surface area contributed by atoms with Crippen LogP contribution in [0.25, 0.3) is 11.5 Å². The highest BCUT2D eigenvalue weighted by molar-refractivity contribution is 5.75. The maximum Gasteiger partial charge on any atom is 0.416 e. The van der Waals surface area contributed by atoms with Gasteiger partial charge in [-0.15, -0.1) is 0 Å². The molecule has 0 unspecified atom stereocenters. The first-order valence-corrected chi connectivity index (χ1v) is 9.49. The van der Waals surface area contributed by atoms with Crippen LogP contribution in [0.2, 0.25) is 0 Å². The molecule has 0 N–H and O–H groups in total. The number of hydrogen-bond acceptors (Lipinski definition) is 4. The summed E-state index contributed by atoms with van der Waals surface area (Å²) in [6, 6.07) is 10.6. The van der Waals surface area contributed by atoms with Gasteiger partial charge in [-0.2, -0.15) is 13.2 Å². The van der Waals surface area contributed by atoms with Gasteiger partial charge in [-0.3, -0.25) is 0 Å². The molecule has 0 saturated carbocycles. The second kappa shape index (κ2) is 8.73. The van der Waals surface area contributed by atoms with E-state index in [1.807, 2.05) is 25.1 Å². The lowest BCUT2D eigenvalue weighted by atomic mass is 10.1. The third-order valence-electron chi connectivity index (χ3n) is 4.69. The zero-order valence-electron chi connectivity index (χ0n) is 17.0. The summed E-state index contributed by atoms with van der Waals surface area (Å²) in [5.74, 6) is 1.37. The van der Waals surface area contributed by atoms with Gasteiger partial charge in [0.1, 0.15) is 18.1 Å². The molecule has 0 fully saturated rings. The summed E-state index contributed by atoms with van der Waals surface area (Å²) in [5.41, 5.74) is 2.03. The van der Waals surface area contributed by atoms with Crippen LogP contribution in [-0.4, -0.2) is 10.8 Å². The summed E-state index contributed by atoms with van der Waals surface area (Å²) in [6.07, 6.45) is -3.26. The normalized spacial score (nSPS) is 11.5. The summed E-state index contributed by atoms with van der Waals surface area (Å²) in [7, 11) is 0.